The number of anilines is 1. The van der Waals surface area contributed by atoms with Crippen molar-refractivity contribution in [1.82, 2.24) is 9.97 Å². The van der Waals surface area contributed by atoms with E-state index in [-0.39, 0.29) is 0 Å². The molecule has 1 aliphatic rings. The summed E-state index contributed by atoms with van der Waals surface area (Å²) in [6.07, 6.45) is 1.14. The number of thioether (sulfide) groups is 1. The monoisotopic (exact) mass is 333 g/mol. The highest BCUT2D eigenvalue weighted by Crippen LogP contribution is 2.36. The maximum Gasteiger partial charge on any atom is 0.172 e. The van der Waals surface area contributed by atoms with Crippen LogP contribution in [0.2, 0.25) is 5.02 Å². The Morgan fingerprint density at radius 3 is 2.95 bits per heavy atom. The van der Waals surface area contributed by atoms with Gasteiger partial charge in [-0.25, -0.2) is 9.97 Å². The smallest absolute Gasteiger partial charge is 0.172 e. The normalized spacial score (nSPS) is 14.3. The number of halogens is 1. The zero-order valence-electron chi connectivity index (χ0n) is 11.1. The number of benzene rings is 1. The summed E-state index contributed by atoms with van der Waals surface area (Å²) >= 11 is 9.77. The molecule has 0 bridgehead atoms. The van der Waals surface area contributed by atoms with Crippen molar-refractivity contribution in [2.24, 2.45) is 0 Å². The summed E-state index contributed by atoms with van der Waals surface area (Å²) in [6, 6.07) is 7.74. The lowest BCUT2D eigenvalue weighted by Crippen LogP contribution is -1.97. The average Bonchev–Trinajstić information content (AvgIpc) is 2.92. The van der Waals surface area contributed by atoms with Gasteiger partial charge in [0.2, 0.25) is 0 Å². The number of nitrogens with zero attached hydrogens (tertiary/aromatic N) is 2. The molecule has 0 unspecified atom stereocenters. The first-order valence-electron chi connectivity index (χ1n) is 6.63. The quantitative estimate of drug-likeness (QED) is 0.717. The van der Waals surface area contributed by atoms with Gasteiger partial charge in [0.1, 0.15) is 5.82 Å². The van der Waals surface area contributed by atoms with Gasteiger partial charge in [0, 0.05) is 21.0 Å². The van der Waals surface area contributed by atoms with Crippen molar-refractivity contribution < 1.29 is 0 Å². The molecule has 2 aromatic heterocycles. The van der Waals surface area contributed by atoms with Gasteiger partial charge in [-0.05, 0) is 42.0 Å². The summed E-state index contributed by atoms with van der Waals surface area (Å²) in [7, 11) is 0. The summed E-state index contributed by atoms with van der Waals surface area (Å²) in [6.45, 7) is 0. The van der Waals surface area contributed by atoms with Crippen molar-refractivity contribution in [1.29, 1.82) is 0 Å². The Morgan fingerprint density at radius 1 is 1.19 bits per heavy atom. The molecule has 106 valence electrons. The van der Waals surface area contributed by atoms with Crippen molar-refractivity contribution in [3.8, 4) is 10.7 Å². The van der Waals surface area contributed by atoms with Crippen LogP contribution in [-0.4, -0.2) is 15.7 Å². The second-order valence-corrected chi connectivity index (χ2v) is 7.63. The van der Waals surface area contributed by atoms with Crippen LogP contribution >= 0.6 is 34.7 Å². The van der Waals surface area contributed by atoms with E-state index in [4.69, 9.17) is 17.3 Å². The first kappa shape index (κ1) is 13.4. The van der Waals surface area contributed by atoms with Crippen LogP contribution in [0, 0.1) is 0 Å². The third kappa shape index (κ3) is 2.39. The van der Waals surface area contributed by atoms with Crippen molar-refractivity contribution in [2.75, 3.05) is 11.5 Å². The van der Waals surface area contributed by atoms with Crippen LogP contribution in [0.3, 0.4) is 0 Å². The number of hydrogen-bond acceptors (Lipinski definition) is 5. The number of nitrogens with two attached hydrogens (primary N) is 1. The molecule has 0 aliphatic carbocycles. The molecule has 0 atom stereocenters. The Labute approximate surface area is 135 Å². The summed E-state index contributed by atoms with van der Waals surface area (Å²) in [5.74, 6) is 3.49. The summed E-state index contributed by atoms with van der Waals surface area (Å²) in [5.41, 5.74) is 8.33. The highest BCUT2D eigenvalue weighted by molar-refractivity contribution is 7.98. The molecule has 4 rings (SSSR count). The van der Waals surface area contributed by atoms with Gasteiger partial charge in [-0.2, -0.15) is 11.8 Å². The van der Waals surface area contributed by atoms with Crippen molar-refractivity contribution in [3.63, 3.8) is 0 Å². The van der Waals surface area contributed by atoms with Gasteiger partial charge in [-0.3, -0.25) is 0 Å². The van der Waals surface area contributed by atoms with Gasteiger partial charge in [-0.1, -0.05) is 11.6 Å². The van der Waals surface area contributed by atoms with Crippen molar-refractivity contribution >= 4 is 51.4 Å². The molecule has 3 heterocycles. The van der Waals surface area contributed by atoms with E-state index >= 15 is 0 Å². The van der Waals surface area contributed by atoms with E-state index in [1.54, 1.807) is 11.3 Å². The molecule has 1 aliphatic heterocycles. The van der Waals surface area contributed by atoms with Gasteiger partial charge in [0.05, 0.1) is 10.4 Å². The van der Waals surface area contributed by atoms with Crippen LogP contribution in [0.1, 0.15) is 10.4 Å². The van der Waals surface area contributed by atoms with E-state index in [1.807, 2.05) is 30.0 Å². The molecule has 0 fully saturated rings. The van der Waals surface area contributed by atoms with Gasteiger partial charge in [0.25, 0.3) is 0 Å². The minimum Gasteiger partial charge on any atom is -0.383 e. The van der Waals surface area contributed by atoms with Gasteiger partial charge in [-0.15, -0.1) is 11.3 Å². The maximum absolute atomic E-state index is 6.08. The molecular formula is C15H12ClN3S2. The van der Waals surface area contributed by atoms with Gasteiger partial charge < -0.3 is 5.73 Å². The number of hydrogen-bond donors (Lipinski definition) is 1. The fraction of sp³-hybridized carbons (Fsp3) is 0.200. The molecule has 3 aromatic rings. The predicted molar refractivity (Wildman–Crippen MR) is 92.1 cm³/mol. The van der Waals surface area contributed by atoms with E-state index < -0.39 is 0 Å². The van der Waals surface area contributed by atoms with Crippen LogP contribution in [-0.2, 0) is 12.2 Å². The third-order valence-electron chi connectivity index (χ3n) is 3.54. The maximum atomic E-state index is 6.08. The van der Waals surface area contributed by atoms with E-state index in [0.717, 1.165) is 28.0 Å². The van der Waals surface area contributed by atoms with E-state index in [9.17, 15) is 0 Å². The molecular weight excluding hydrogens is 322 g/mol. The highest BCUT2D eigenvalue weighted by atomic mass is 35.5. The highest BCUT2D eigenvalue weighted by Gasteiger charge is 2.17. The lowest BCUT2D eigenvalue weighted by Gasteiger charge is -2.08. The Kier molecular flexibility index (Phi) is 3.28. The molecule has 0 amide bonds. The second-order valence-electron chi connectivity index (χ2n) is 4.96. The topological polar surface area (TPSA) is 51.8 Å². The minimum absolute atomic E-state index is 0.484. The van der Waals surface area contributed by atoms with E-state index in [0.29, 0.717) is 16.7 Å². The number of thiophene rings is 1. The van der Waals surface area contributed by atoms with Crippen LogP contribution in [0.25, 0.3) is 21.6 Å². The minimum atomic E-state index is 0.484. The molecule has 1 aromatic carbocycles. The van der Waals surface area contributed by atoms with Crippen LogP contribution < -0.4 is 5.73 Å². The Hall–Kier alpha value is -1.30. The SMILES string of the molecule is Nc1nc(-c2cc3c(s2)CCSC3)nc2ccc(Cl)cc12. The number of aromatic nitrogens is 2. The Bertz CT molecular complexity index is 821. The van der Waals surface area contributed by atoms with Gasteiger partial charge >= 0.3 is 0 Å². The molecule has 0 spiro atoms. The fourth-order valence-corrected chi connectivity index (χ4v) is 4.97. The average molecular weight is 334 g/mol. The largest absolute Gasteiger partial charge is 0.383 e. The first-order valence-corrected chi connectivity index (χ1v) is 8.98. The summed E-state index contributed by atoms with van der Waals surface area (Å²) in [4.78, 5) is 11.7. The van der Waals surface area contributed by atoms with E-state index in [2.05, 4.69) is 16.0 Å². The van der Waals surface area contributed by atoms with Crippen molar-refractivity contribution in [2.45, 2.75) is 12.2 Å². The van der Waals surface area contributed by atoms with E-state index in [1.165, 1.54) is 16.2 Å². The second kappa shape index (κ2) is 5.16. The Morgan fingerprint density at radius 2 is 2.10 bits per heavy atom. The Balaban J connectivity index is 1.86. The standard InChI is InChI=1S/C15H12ClN3S2/c16-9-1-2-11-10(6-9)14(17)19-15(18-11)13-5-8-7-20-4-3-12(8)21-13/h1-2,5-6H,3-4,7H2,(H2,17,18,19). The lowest BCUT2D eigenvalue weighted by atomic mass is 10.2. The molecule has 2 N–H and O–H groups in total. The number of fused-ring (bicyclic) bond motifs is 2. The molecule has 0 saturated carbocycles. The lowest BCUT2D eigenvalue weighted by molar-refractivity contribution is 1.13. The molecule has 3 nitrogen and oxygen atoms in total. The molecule has 6 heteroatoms. The molecule has 21 heavy (non-hydrogen) atoms. The number of rotatable bonds is 1. The van der Waals surface area contributed by atoms with Crippen LogP contribution in [0.15, 0.2) is 24.3 Å². The molecule has 0 radical (unpaired) electrons. The number of aryl methyl sites for hydroxylation is 1. The zero-order chi connectivity index (χ0) is 14.4. The summed E-state index contributed by atoms with van der Waals surface area (Å²) < 4.78 is 0. The first-order chi connectivity index (χ1) is 10.2. The third-order valence-corrected chi connectivity index (χ3v) is 6.01. The van der Waals surface area contributed by atoms with Crippen LogP contribution in [0.4, 0.5) is 5.82 Å². The fourth-order valence-electron chi connectivity index (χ4n) is 2.49. The van der Waals surface area contributed by atoms with Crippen LogP contribution in [0.5, 0.6) is 0 Å². The van der Waals surface area contributed by atoms with Gasteiger partial charge in [0.15, 0.2) is 5.82 Å². The molecule has 0 saturated heterocycles. The van der Waals surface area contributed by atoms with Crippen molar-refractivity contribution in [3.05, 3.63) is 39.7 Å². The zero-order valence-corrected chi connectivity index (χ0v) is 13.5. The number of nitrogen functional groups attached to an aromatic ring is 1. The predicted octanol–water partition coefficient (Wildman–Crippen LogP) is 4.38. The summed E-state index contributed by atoms with van der Waals surface area (Å²) in [5, 5.41) is 1.46.